The van der Waals surface area contributed by atoms with E-state index in [1.165, 1.54) is 5.56 Å². The van der Waals surface area contributed by atoms with Crippen LogP contribution in [0, 0.1) is 0 Å². The summed E-state index contributed by atoms with van der Waals surface area (Å²) in [6.45, 7) is 25.8. The standard InChI is InChI=1S/C10H12N2O.2C8H11N.2C7H10N2.C6H9N3/c1-7(2)12-6-9-8(10(12)13)4-3-5-11-9;1-7(2)8-4-3-5-9-6-8;1-7(2)8-5-3-4-6-9-8;1-6(2)7-5-8-3-4-9-7;1-6(2)7-4-3-5-8-9-7;1-5(2)6-7-3-4-8-9-6/h3-5,7H,6H2,1-2H3;2*3-7H,1-2H3;2*3-6H,1-2H3;3-5H,1-2H3. The lowest BCUT2D eigenvalue weighted by Gasteiger charge is -2.19. The summed E-state index contributed by atoms with van der Waals surface area (Å²) in [6.07, 6.45) is 17.4. The molecule has 0 unspecified atom stereocenters. The van der Waals surface area contributed by atoms with Gasteiger partial charge in [0.25, 0.3) is 5.91 Å². The summed E-state index contributed by atoms with van der Waals surface area (Å²) >= 11 is 0. The predicted molar refractivity (Wildman–Crippen MR) is 232 cm³/mol. The van der Waals surface area contributed by atoms with Gasteiger partial charge in [-0.2, -0.15) is 15.3 Å². The fourth-order valence-electron chi connectivity index (χ4n) is 4.75. The molecule has 0 spiro atoms. The molecule has 0 saturated carbocycles. The van der Waals surface area contributed by atoms with E-state index in [4.69, 9.17) is 0 Å². The van der Waals surface area contributed by atoms with Gasteiger partial charge in [0.05, 0.1) is 35.4 Å². The molecule has 7 rings (SSSR count). The SMILES string of the molecule is CC(C)N1Cc2ncccc2C1=O.CC(C)c1ccccn1.CC(C)c1cccnc1.CC(C)c1cccnn1.CC(C)c1cnccn1.CC(C)c1nccnn1. The smallest absolute Gasteiger partial charge is 0.256 e. The van der Waals surface area contributed by atoms with Crippen LogP contribution in [0.2, 0.25) is 0 Å². The number of nitrogens with zero attached hydrogens (tertiary/aromatic N) is 11. The van der Waals surface area contributed by atoms with E-state index in [9.17, 15) is 4.79 Å². The second-order valence-corrected chi connectivity index (χ2v) is 15.1. The Morgan fingerprint density at radius 2 is 1.09 bits per heavy atom. The van der Waals surface area contributed by atoms with Crippen molar-refractivity contribution in [2.24, 2.45) is 0 Å². The molecule has 0 saturated heterocycles. The third-order valence-electron chi connectivity index (χ3n) is 8.33. The van der Waals surface area contributed by atoms with Crippen LogP contribution in [0.3, 0.4) is 0 Å². The first-order valence-electron chi connectivity index (χ1n) is 19.9. The van der Waals surface area contributed by atoms with Crippen molar-refractivity contribution in [3.63, 3.8) is 0 Å². The first-order valence-corrected chi connectivity index (χ1v) is 19.9. The van der Waals surface area contributed by atoms with Crippen molar-refractivity contribution in [3.8, 4) is 0 Å². The van der Waals surface area contributed by atoms with Gasteiger partial charge in [-0.25, -0.2) is 4.98 Å². The highest BCUT2D eigenvalue weighted by atomic mass is 16.2. The van der Waals surface area contributed by atoms with Crippen molar-refractivity contribution >= 4 is 5.91 Å². The number of pyridine rings is 3. The molecule has 1 amide bonds. The van der Waals surface area contributed by atoms with Crippen LogP contribution in [-0.4, -0.2) is 67.1 Å². The molecule has 58 heavy (non-hydrogen) atoms. The zero-order valence-electron chi connectivity index (χ0n) is 36.5. The fourth-order valence-corrected chi connectivity index (χ4v) is 4.75. The maximum atomic E-state index is 11.7. The third kappa shape index (κ3) is 18.4. The van der Waals surface area contributed by atoms with Gasteiger partial charge < -0.3 is 4.90 Å². The zero-order chi connectivity index (χ0) is 42.9. The minimum Gasteiger partial charge on any atom is -0.330 e. The van der Waals surface area contributed by atoms with Gasteiger partial charge >= 0.3 is 0 Å². The Balaban J connectivity index is 0.000000242. The minimum absolute atomic E-state index is 0.109. The summed E-state index contributed by atoms with van der Waals surface area (Å²) in [5.41, 5.74) is 6.24. The number of aromatic nitrogens is 10. The van der Waals surface area contributed by atoms with Gasteiger partial charge in [-0.05, 0) is 85.5 Å². The van der Waals surface area contributed by atoms with Gasteiger partial charge in [0, 0.05) is 73.4 Å². The van der Waals surface area contributed by atoms with Crippen molar-refractivity contribution in [2.45, 2.75) is 125 Å². The summed E-state index contributed by atoms with van der Waals surface area (Å²) < 4.78 is 0. The highest BCUT2D eigenvalue weighted by molar-refractivity contribution is 5.97. The average molecular weight is 786 g/mol. The summed E-state index contributed by atoms with van der Waals surface area (Å²) in [5, 5.41) is 15.2. The van der Waals surface area contributed by atoms with Crippen LogP contribution in [-0.2, 0) is 6.54 Å². The summed E-state index contributed by atoms with van der Waals surface area (Å²) in [7, 11) is 0. The Hall–Kier alpha value is -5.91. The molecule has 12 nitrogen and oxygen atoms in total. The summed E-state index contributed by atoms with van der Waals surface area (Å²) in [4.78, 5) is 38.0. The van der Waals surface area contributed by atoms with Crippen LogP contribution in [0.5, 0.6) is 0 Å². The lowest BCUT2D eigenvalue weighted by Crippen LogP contribution is -2.30. The van der Waals surface area contributed by atoms with E-state index >= 15 is 0 Å². The summed E-state index contributed by atoms with van der Waals surface area (Å²) in [6, 6.07) is 17.8. The number of rotatable bonds is 6. The topological polar surface area (TPSA) is 149 Å². The van der Waals surface area contributed by atoms with E-state index < -0.39 is 0 Å². The Kier molecular flexibility index (Phi) is 22.3. The second kappa shape index (κ2) is 26.9. The number of carbonyl (C=O) groups excluding carboxylic acids is 1. The number of carbonyl (C=O) groups is 1. The molecule has 1 aliphatic rings. The zero-order valence-corrected chi connectivity index (χ0v) is 36.5. The van der Waals surface area contributed by atoms with E-state index in [1.807, 2.05) is 87.5 Å². The molecular weight excluding hydrogens is 723 g/mol. The van der Waals surface area contributed by atoms with Gasteiger partial charge in [0.2, 0.25) is 0 Å². The van der Waals surface area contributed by atoms with E-state index in [2.05, 4.69) is 112 Å². The molecule has 0 aliphatic carbocycles. The van der Waals surface area contributed by atoms with Crippen molar-refractivity contribution in [3.05, 3.63) is 156 Å². The Morgan fingerprint density at radius 3 is 1.48 bits per heavy atom. The predicted octanol–water partition coefficient (Wildman–Crippen LogP) is 10.1. The largest absolute Gasteiger partial charge is 0.330 e. The molecule has 0 aromatic carbocycles. The molecule has 6 aromatic rings. The van der Waals surface area contributed by atoms with Gasteiger partial charge in [0.15, 0.2) is 5.82 Å². The molecule has 308 valence electrons. The number of fused-ring (bicyclic) bond motifs is 1. The molecule has 0 fully saturated rings. The molecule has 0 N–H and O–H groups in total. The Bertz CT molecular complexity index is 1680. The van der Waals surface area contributed by atoms with E-state index in [0.29, 0.717) is 36.1 Å². The van der Waals surface area contributed by atoms with Crippen LogP contribution in [0.15, 0.2) is 117 Å². The monoisotopic (exact) mass is 786 g/mol. The van der Waals surface area contributed by atoms with Crippen molar-refractivity contribution in [2.75, 3.05) is 0 Å². The molecule has 1 aliphatic heterocycles. The molecule has 0 atom stereocenters. The molecule has 0 bridgehead atoms. The number of hydrogen-bond acceptors (Lipinski definition) is 11. The highest BCUT2D eigenvalue weighted by Gasteiger charge is 2.29. The third-order valence-corrected chi connectivity index (χ3v) is 8.33. The number of amides is 1. The molecule has 12 heteroatoms. The second-order valence-electron chi connectivity index (χ2n) is 15.1. The quantitative estimate of drug-likeness (QED) is 0.159. The maximum Gasteiger partial charge on any atom is 0.256 e. The van der Waals surface area contributed by atoms with Crippen LogP contribution in [0.25, 0.3) is 0 Å². The fraction of sp³-hybridized carbons (Fsp3) is 0.413. The van der Waals surface area contributed by atoms with Crippen LogP contribution < -0.4 is 0 Å². The lowest BCUT2D eigenvalue weighted by atomic mass is 10.1. The van der Waals surface area contributed by atoms with Crippen LogP contribution in [0.1, 0.15) is 157 Å². The van der Waals surface area contributed by atoms with Crippen molar-refractivity contribution < 1.29 is 4.79 Å². The molecule has 6 aromatic heterocycles. The van der Waals surface area contributed by atoms with E-state index in [0.717, 1.165) is 34.2 Å². The maximum absolute atomic E-state index is 11.7. The van der Waals surface area contributed by atoms with Crippen LogP contribution >= 0.6 is 0 Å². The van der Waals surface area contributed by atoms with E-state index in [-0.39, 0.29) is 11.9 Å². The molecule has 0 radical (unpaired) electrons. The first kappa shape index (κ1) is 48.2. The summed E-state index contributed by atoms with van der Waals surface area (Å²) in [5.74, 6) is 3.40. The molecule has 7 heterocycles. The Morgan fingerprint density at radius 1 is 0.483 bits per heavy atom. The van der Waals surface area contributed by atoms with Gasteiger partial charge in [-0.1, -0.05) is 81.4 Å². The van der Waals surface area contributed by atoms with Crippen LogP contribution in [0.4, 0.5) is 0 Å². The highest BCUT2D eigenvalue weighted by Crippen LogP contribution is 2.22. The van der Waals surface area contributed by atoms with Crippen molar-refractivity contribution in [1.29, 1.82) is 0 Å². The van der Waals surface area contributed by atoms with Gasteiger partial charge in [-0.15, -0.1) is 5.10 Å². The number of hydrogen-bond donors (Lipinski definition) is 0. The first-order chi connectivity index (χ1) is 27.7. The average Bonchev–Trinajstić information content (AvgIpc) is 3.60. The van der Waals surface area contributed by atoms with Gasteiger partial charge in [-0.3, -0.25) is 29.7 Å². The minimum atomic E-state index is 0.109. The van der Waals surface area contributed by atoms with Gasteiger partial charge in [0.1, 0.15) is 0 Å². The Labute approximate surface area is 346 Å². The van der Waals surface area contributed by atoms with Crippen molar-refractivity contribution in [1.82, 2.24) is 55.2 Å². The lowest BCUT2D eigenvalue weighted by molar-refractivity contribution is 0.0730. The molecular formula is C46H63N11O. The normalized spacial score (nSPS) is 11.3. The van der Waals surface area contributed by atoms with E-state index in [1.54, 1.807) is 55.6 Å².